The van der Waals surface area contributed by atoms with Crippen molar-refractivity contribution in [2.75, 3.05) is 14.2 Å². The fourth-order valence-electron chi connectivity index (χ4n) is 3.02. The van der Waals surface area contributed by atoms with Crippen molar-refractivity contribution < 1.29 is 19.4 Å². The Morgan fingerprint density at radius 3 is 2.63 bits per heavy atom. The monoisotopic (exact) mass is 383 g/mol. The van der Waals surface area contributed by atoms with E-state index in [1.54, 1.807) is 20.4 Å². The van der Waals surface area contributed by atoms with Gasteiger partial charge < -0.3 is 14.6 Å². The highest BCUT2D eigenvalue weighted by Gasteiger charge is 2.22. The van der Waals surface area contributed by atoms with Gasteiger partial charge in [-0.15, -0.1) is 11.3 Å². The van der Waals surface area contributed by atoms with Crippen molar-refractivity contribution in [2.45, 2.75) is 19.3 Å². The summed E-state index contributed by atoms with van der Waals surface area (Å²) < 4.78 is 10.8. The van der Waals surface area contributed by atoms with Crippen molar-refractivity contribution in [1.82, 2.24) is 4.98 Å². The summed E-state index contributed by atoms with van der Waals surface area (Å²) in [4.78, 5) is 16.9. The molecule has 1 heterocycles. The molecule has 1 N–H and O–H groups in total. The van der Waals surface area contributed by atoms with Gasteiger partial charge in [0.15, 0.2) is 0 Å². The van der Waals surface area contributed by atoms with Gasteiger partial charge in [-0.2, -0.15) is 0 Å². The van der Waals surface area contributed by atoms with Crippen LogP contribution in [0.2, 0.25) is 0 Å². The average molecular weight is 383 g/mol. The zero-order valence-corrected chi connectivity index (χ0v) is 16.2. The number of benzene rings is 2. The van der Waals surface area contributed by atoms with Gasteiger partial charge in [0.05, 0.1) is 20.6 Å². The van der Waals surface area contributed by atoms with Crippen LogP contribution in [-0.4, -0.2) is 30.3 Å². The number of carboxylic acids is 1. The van der Waals surface area contributed by atoms with Gasteiger partial charge in [0.1, 0.15) is 16.5 Å². The standard InChI is InChI=1S/C21H21NO4S/c1-13-12-22-21(27-13)18(11-20(23)24)15-6-4-5-14(9-15)17-10-16(25-2)7-8-19(17)26-3/h4-10,12,18H,11H2,1-3H3,(H,23,24). The SMILES string of the molecule is COc1ccc(OC)c(-c2cccc(C(CC(=O)O)c3ncc(C)s3)c2)c1. The van der Waals surface area contributed by atoms with E-state index in [4.69, 9.17) is 9.47 Å². The number of thiazole rings is 1. The maximum atomic E-state index is 11.4. The van der Waals surface area contributed by atoms with Gasteiger partial charge in [-0.25, -0.2) is 4.98 Å². The molecule has 0 saturated carbocycles. The lowest BCUT2D eigenvalue weighted by Gasteiger charge is -2.16. The molecule has 1 aromatic heterocycles. The van der Waals surface area contributed by atoms with E-state index in [1.165, 1.54) is 11.3 Å². The number of carbonyl (C=O) groups is 1. The maximum absolute atomic E-state index is 11.4. The number of carboxylic acid groups (broad SMARTS) is 1. The normalized spacial score (nSPS) is 11.8. The number of aliphatic carboxylic acids is 1. The van der Waals surface area contributed by atoms with Gasteiger partial charge in [-0.05, 0) is 36.2 Å². The van der Waals surface area contributed by atoms with E-state index in [1.807, 2.05) is 49.4 Å². The molecule has 0 spiro atoms. The molecule has 6 heteroatoms. The Morgan fingerprint density at radius 1 is 1.19 bits per heavy atom. The Bertz CT molecular complexity index is 951. The minimum Gasteiger partial charge on any atom is -0.497 e. The molecule has 1 unspecified atom stereocenters. The van der Waals surface area contributed by atoms with E-state index in [9.17, 15) is 9.90 Å². The lowest BCUT2D eigenvalue weighted by molar-refractivity contribution is -0.137. The van der Waals surface area contributed by atoms with E-state index in [0.29, 0.717) is 0 Å². The van der Waals surface area contributed by atoms with Crippen LogP contribution in [0.15, 0.2) is 48.7 Å². The molecule has 5 nitrogen and oxygen atoms in total. The molecule has 27 heavy (non-hydrogen) atoms. The van der Waals surface area contributed by atoms with Crippen LogP contribution >= 0.6 is 11.3 Å². The number of ether oxygens (including phenoxy) is 2. The number of methoxy groups -OCH3 is 2. The molecular weight excluding hydrogens is 362 g/mol. The Hall–Kier alpha value is -2.86. The van der Waals surface area contributed by atoms with Gasteiger partial charge in [0, 0.05) is 22.6 Å². The molecule has 0 fully saturated rings. The van der Waals surface area contributed by atoms with Crippen LogP contribution in [-0.2, 0) is 4.79 Å². The maximum Gasteiger partial charge on any atom is 0.304 e. The van der Waals surface area contributed by atoms with Gasteiger partial charge in [0.2, 0.25) is 0 Å². The van der Waals surface area contributed by atoms with E-state index in [2.05, 4.69) is 4.98 Å². The van der Waals surface area contributed by atoms with Crippen LogP contribution in [0.3, 0.4) is 0 Å². The summed E-state index contributed by atoms with van der Waals surface area (Å²) in [7, 11) is 3.25. The van der Waals surface area contributed by atoms with E-state index in [-0.39, 0.29) is 12.3 Å². The van der Waals surface area contributed by atoms with Crippen LogP contribution in [0.1, 0.15) is 27.8 Å². The number of hydrogen-bond donors (Lipinski definition) is 1. The fraction of sp³-hybridized carbons (Fsp3) is 0.238. The highest BCUT2D eigenvalue weighted by atomic mass is 32.1. The molecular formula is C21H21NO4S. The van der Waals surface area contributed by atoms with Crippen LogP contribution in [0.4, 0.5) is 0 Å². The van der Waals surface area contributed by atoms with E-state index in [0.717, 1.165) is 38.1 Å². The molecule has 0 amide bonds. The third-order valence-electron chi connectivity index (χ3n) is 4.32. The first-order valence-electron chi connectivity index (χ1n) is 8.48. The number of nitrogens with zero attached hydrogens (tertiary/aromatic N) is 1. The largest absolute Gasteiger partial charge is 0.497 e. The number of aromatic nitrogens is 1. The predicted octanol–water partition coefficient (Wildman–Crippen LogP) is 4.74. The Kier molecular flexibility index (Phi) is 5.76. The Balaban J connectivity index is 2.07. The smallest absolute Gasteiger partial charge is 0.304 e. The zero-order valence-electron chi connectivity index (χ0n) is 15.4. The predicted molar refractivity (Wildman–Crippen MR) is 106 cm³/mol. The van der Waals surface area contributed by atoms with Gasteiger partial charge in [0.25, 0.3) is 0 Å². The highest BCUT2D eigenvalue weighted by Crippen LogP contribution is 2.37. The summed E-state index contributed by atoms with van der Waals surface area (Å²) in [6.07, 6.45) is 1.77. The zero-order chi connectivity index (χ0) is 19.4. The summed E-state index contributed by atoms with van der Waals surface area (Å²) in [6, 6.07) is 13.5. The van der Waals surface area contributed by atoms with Gasteiger partial charge in [-0.3, -0.25) is 4.79 Å². The lowest BCUT2D eigenvalue weighted by Crippen LogP contribution is -2.08. The molecule has 0 aliphatic rings. The Labute approximate surface area is 162 Å². The topological polar surface area (TPSA) is 68.7 Å². The summed E-state index contributed by atoms with van der Waals surface area (Å²) in [5, 5.41) is 10.2. The van der Waals surface area contributed by atoms with Crippen molar-refractivity contribution in [3.63, 3.8) is 0 Å². The van der Waals surface area contributed by atoms with E-state index >= 15 is 0 Å². The molecule has 0 radical (unpaired) electrons. The van der Waals surface area contributed by atoms with Crippen molar-refractivity contribution in [3.8, 4) is 22.6 Å². The van der Waals surface area contributed by atoms with Crippen molar-refractivity contribution in [1.29, 1.82) is 0 Å². The molecule has 0 aliphatic carbocycles. The van der Waals surface area contributed by atoms with Crippen molar-refractivity contribution in [3.05, 3.63) is 64.1 Å². The quantitative estimate of drug-likeness (QED) is 0.638. The molecule has 2 aromatic carbocycles. The van der Waals surface area contributed by atoms with E-state index < -0.39 is 5.97 Å². The van der Waals surface area contributed by atoms with Crippen molar-refractivity contribution >= 4 is 17.3 Å². The summed E-state index contributed by atoms with van der Waals surface area (Å²) in [5.74, 6) is 0.316. The molecule has 3 aromatic rings. The first kappa shape index (κ1) is 18.9. The minimum atomic E-state index is -0.850. The van der Waals surface area contributed by atoms with Crippen molar-refractivity contribution in [2.24, 2.45) is 0 Å². The summed E-state index contributed by atoms with van der Waals surface area (Å²) in [6.45, 7) is 1.97. The second kappa shape index (κ2) is 8.22. The number of rotatable bonds is 7. The lowest BCUT2D eigenvalue weighted by atomic mass is 9.92. The number of aryl methyl sites for hydroxylation is 1. The molecule has 140 valence electrons. The summed E-state index contributed by atoms with van der Waals surface area (Å²) in [5.41, 5.74) is 2.74. The van der Waals surface area contributed by atoms with Crippen LogP contribution in [0.25, 0.3) is 11.1 Å². The molecule has 3 rings (SSSR count). The second-order valence-electron chi connectivity index (χ2n) is 6.15. The van der Waals surface area contributed by atoms with Crippen LogP contribution < -0.4 is 9.47 Å². The minimum absolute atomic E-state index is 0.00828. The number of hydrogen-bond acceptors (Lipinski definition) is 5. The molecule has 1 atom stereocenters. The van der Waals surface area contributed by atoms with Gasteiger partial charge in [-0.1, -0.05) is 24.3 Å². The first-order valence-corrected chi connectivity index (χ1v) is 9.30. The fourth-order valence-corrected chi connectivity index (χ4v) is 3.92. The third kappa shape index (κ3) is 4.28. The average Bonchev–Trinajstić information content (AvgIpc) is 3.11. The molecule has 0 aliphatic heterocycles. The Morgan fingerprint density at radius 2 is 2.00 bits per heavy atom. The van der Waals surface area contributed by atoms with Crippen LogP contribution in [0.5, 0.6) is 11.5 Å². The van der Waals surface area contributed by atoms with Crippen LogP contribution in [0, 0.1) is 6.92 Å². The third-order valence-corrected chi connectivity index (χ3v) is 5.35. The summed E-state index contributed by atoms with van der Waals surface area (Å²) >= 11 is 1.53. The second-order valence-corrected chi connectivity index (χ2v) is 7.42. The molecule has 0 bridgehead atoms. The van der Waals surface area contributed by atoms with Gasteiger partial charge >= 0.3 is 5.97 Å². The highest BCUT2D eigenvalue weighted by molar-refractivity contribution is 7.11. The molecule has 0 saturated heterocycles. The first-order chi connectivity index (χ1) is 13.0.